The molecule has 19 heavy (non-hydrogen) atoms. The van der Waals surface area contributed by atoms with Crippen LogP contribution >= 0.6 is 0 Å². The van der Waals surface area contributed by atoms with Gasteiger partial charge in [0.05, 0.1) is 12.8 Å². The van der Waals surface area contributed by atoms with Crippen LogP contribution in [0.2, 0.25) is 0 Å². The molecule has 98 valence electrons. The summed E-state index contributed by atoms with van der Waals surface area (Å²) in [5.74, 6) is -0.0221. The standard InChI is InChI=1S/C15H15NO3/c1-11(15(17)18-2)19-14-10-6-9-13(16-14)12-7-4-3-5-8-12/h3-11H,1-2H3. The van der Waals surface area contributed by atoms with Gasteiger partial charge in [0.1, 0.15) is 0 Å². The topological polar surface area (TPSA) is 48.4 Å². The third-order valence-electron chi connectivity index (χ3n) is 2.62. The summed E-state index contributed by atoms with van der Waals surface area (Å²) in [6.45, 7) is 1.63. The first-order valence-corrected chi connectivity index (χ1v) is 5.97. The second-order valence-electron chi connectivity index (χ2n) is 4.01. The Balaban J connectivity index is 2.18. The number of hydrogen-bond donors (Lipinski definition) is 0. The third-order valence-corrected chi connectivity index (χ3v) is 2.62. The van der Waals surface area contributed by atoms with E-state index in [-0.39, 0.29) is 0 Å². The van der Waals surface area contributed by atoms with E-state index in [1.807, 2.05) is 42.5 Å². The summed E-state index contributed by atoms with van der Waals surface area (Å²) in [7, 11) is 1.33. The molecule has 1 aromatic heterocycles. The zero-order valence-corrected chi connectivity index (χ0v) is 10.9. The number of methoxy groups -OCH3 is 1. The minimum Gasteiger partial charge on any atom is -0.466 e. The molecular weight excluding hydrogens is 242 g/mol. The molecule has 1 atom stereocenters. The first-order valence-electron chi connectivity index (χ1n) is 5.97. The molecule has 0 aliphatic carbocycles. The summed E-state index contributed by atoms with van der Waals surface area (Å²) >= 11 is 0. The maximum absolute atomic E-state index is 11.3. The van der Waals surface area contributed by atoms with Crippen LogP contribution in [0.4, 0.5) is 0 Å². The fourth-order valence-corrected chi connectivity index (χ4v) is 1.65. The van der Waals surface area contributed by atoms with Gasteiger partial charge in [0.15, 0.2) is 6.10 Å². The fraction of sp³-hybridized carbons (Fsp3) is 0.200. The number of esters is 1. The van der Waals surface area contributed by atoms with Gasteiger partial charge in [0.25, 0.3) is 0 Å². The van der Waals surface area contributed by atoms with E-state index >= 15 is 0 Å². The van der Waals surface area contributed by atoms with Crippen molar-refractivity contribution in [2.75, 3.05) is 7.11 Å². The molecule has 0 fully saturated rings. The molecule has 0 amide bonds. The zero-order valence-electron chi connectivity index (χ0n) is 10.9. The lowest BCUT2D eigenvalue weighted by Crippen LogP contribution is -2.25. The third kappa shape index (κ3) is 3.31. The molecule has 0 radical (unpaired) electrons. The summed E-state index contributed by atoms with van der Waals surface area (Å²) in [5, 5.41) is 0. The van der Waals surface area contributed by atoms with Crippen molar-refractivity contribution in [2.45, 2.75) is 13.0 Å². The molecule has 0 spiro atoms. The number of pyridine rings is 1. The molecule has 1 aromatic carbocycles. The molecule has 0 aliphatic heterocycles. The summed E-state index contributed by atoms with van der Waals surface area (Å²) in [4.78, 5) is 15.7. The molecule has 0 saturated heterocycles. The van der Waals surface area contributed by atoms with Crippen LogP contribution in [0.15, 0.2) is 48.5 Å². The summed E-state index contributed by atoms with van der Waals surface area (Å²) in [6.07, 6.45) is -0.677. The number of ether oxygens (including phenoxy) is 2. The van der Waals surface area contributed by atoms with Crippen LogP contribution in [0.25, 0.3) is 11.3 Å². The van der Waals surface area contributed by atoms with Crippen LogP contribution in [-0.2, 0) is 9.53 Å². The van der Waals surface area contributed by atoms with E-state index in [4.69, 9.17) is 4.74 Å². The number of benzene rings is 1. The van der Waals surface area contributed by atoms with Crippen molar-refractivity contribution in [3.8, 4) is 17.1 Å². The van der Waals surface area contributed by atoms with E-state index in [1.165, 1.54) is 7.11 Å². The van der Waals surface area contributed by atoms with Gasteiger partial charge < -0.3 is 9.47 Å². The van der Waals surface area contributed by atoms with Gasteiger partial charge in [-0.05, 0) is 13.0 Å². The Morgan fingerprint density at radius 3 is 2.53 bits per heavy atom. The first-order chi connectivity index (χ1) is 9.20. The molecule has 4 heteroatoms. The average Bonchev–Trinajstić information content (AvgIpc) is 2.47. The van der Waals surface area contributed by atoms with E-state index in [2.05, 4.69) is 9.72 Å². The highest BCUT2D eigenvalue weighted by Gasteiger charge is 2.15. The number of carbonyl (C=O) groups excluding carboxylic acids is 1. The molecule has 0 N–H and O–H groups in total. The minimum atomic E-state index is -0.677. The Kier molecular flexibility index (Phi) is 4.13. The van der Waals surface area contributed by atoms with Crippen LogP contribution in [0.1, 0.15) is 6.92 Å². The molecule has 0 bridgehead atoms. The van der Waals surface area contributed by atoms with E-state index in [0.717, 1.165) is 11.3 Å². The molecule has 2 rings (SSSR count). The Bertz CT molecular complexity index is 554. The predicted molar refractivity (Wildman–Crippen MR) is 71.8 cm³/mol. The van der Waals surface area contributed by atoms with Crippen LogP contribution in [0, 0.1) is 0 Å². The normalized spacial score (nSPS) is 11.7. The fourth-order valence-electron chi connectivity index (χ4n) is 1.65. The Morgan fingerprint density at radius 1 is 1.11 bits per heavy atom. The highest BCUT2D eigenvalue weighted by Crippen LogP contribution is 2.19. The second-order valence-corrected chi connectivity index (χ2v) is 4.01. The quantitative estimate of drug-likeness (QED) is 0.790. The maximum atomic E-state index is 11.3. The molecule has 0 aliphatic rings. The Morgan fingerprint density at radius 2 is 1.84 bits per heavy atom. The predicted octanol–water partition coefficient (Wildman–Crippen LogP) is 2.69. The molecule has 2 aromatic rings. The number of nitrogens with zero attached hydrogens (tertiary/aromatic N) is 1. The van der Waals surface area contributed by atoms with Crippen molar-refractivity contribution in [1.29, 1.82) is 0 Å². The zero-order chi connectivity index (χ0) is 13.7. The molecule has 1 unspecified atom stereocenters. The highest BCUT2D eigenvalue weighted by molar-refractivity contribution is 5.74. The lowest BCUT2D eigenvalue weighted by Gasteiger charge is -2.12. The van der Waals surface area contributed by atoms with Gasteiger partial charge in [-0.1, -0.05) is 36.4 Å². The Labute approximate surface area is 112 Å². The summed E-state index contributed by atoms with van der Waals surface area (Å²) in [5.41, 5.74) is 1.80. The number of carbonyl (C=O) groups is 1. The SMILES string of the molecule is COC(=O)C(C)Oc1cccc(-c2ccccc2)n1. The highest BCUT2D eigenvalue weighted by atomic mass is 16.6. The van der Waals surface area contributed by atoms with Gasteiger partial charge in [0.2, 0.25) is 5.88 Å². The van der Waals surface area contributed by atoms with Crippen LogP contribution < -0.4 is 4.74 Å². The van der Waals surface area contributed by atoms with Gasteiger partial charge in [-0.2, -0.15) is 0 Å². The average molecular weight is 257 g/mol. The van der Waals surface area contributed by atoms with Gasteiger partial charge in [-0.3, -0.25) is 0 Å². The number of hydrogen-bond acceptors (Lipinski definition) is 4. The molecular formula is C15H15NO3. The summed E-state index contributed by atoms with van der Waals surface area (Å²) < 4.78 is 10.1. The molecule has 0 saturated carbocycles. The monoisotopic (exact) mass is 257 g/mol. The number of aromatic nitrogens is 1. The van der Waals surface area contributed by atoms with E-state index in [9.17, 15) is 4.79 Å². The summed E-state index contributed by atoms with van der Waals surface area (Å²) in [6, 6.07) is 15.2. The smallest absolute Gasteiger partial charge is 0.346 e. The second kappa shape index (κ2) is 6.00. The largest absolute Gasteiger partial charge is 0.466 e. The van der Waals surface area contributed by atoms with Crippen LogP contribution in [0.3, 0.4) is 0 Å². The van der Waals surface area contributed by atoms with E-state index in [1.54, 1.807) is 13.0 Å². The van der Waals surface area contributed by atoms with Gasteiger partial charge in [-0.25, -0.2) is 9.78 Å². The van der Waals surface area contributed by atoms with Gasteiger partial charge in [0, 0.05) is 11.6 Å². The lowest BCUT2D eigenvalue weighted by molar-refractivity contribution is -0.148. The van der Waals surface area contributed by atoms with Crippen molar-refractivity contribution in [3.63, 3.8) is 0 Å². The molecule has 1 heterocycles. The van der Waals surface area contributed by atoms with Crippen molar-refractivity contribution >= 4 is 5.97 Å². The lowest BCUT2D eigenvalue weighted by atomic mass is 10.1. The van der Waals surface area contributed by atoms with Gasteiger partial charge in [-0.15, -0.1) is 0 Å². The van der Waals surface area contributed by atoms with E-state index < -0.39 is 12.1 Å². The van der Waals surface area contributed by atoms with Crippen molar-refractivity contribution in [3.05, 3.63) is 48.5 Å². The number of rotatable bonds is 4. The molecule has 4 nitrogen and oxygen atoms in total. The van der Waals surface area contributed by atoms with Crippen LogP contribution in [-0.4, -0.2) is 24.2 Å². The van der Waals surface area contributed by atoms with Gasteiger partial charge >= 0.3 is 5.97 Å². The van der Waals surface area contributed by atoms with Crippen molar-refractivity contribution in [1.82, 2.24) is 4.98 Å². The van der Waals surface area contributed by atoms with Crippen LogP contribution in [0.5, 0.6) is 5.88 Å². The first kappa shape index (κ1) is 13.1. The van der Waals surface area contributed by atoms with Crippen molar-refractivity contribution < 1.29 is 14.3 Å². The van der Waals surface area contributed by atoms with Crippen molar-refractivity contribution in [2.24, 2.45) is 0 Å². The minimum absolute atomic E-state index is 0.402. The Hall–Kier alpha value is -2.36. The maximum Gasteiger partial charge on any atom is 0.346 e. The van der Waals surface area contributed by atoms with E-state index in [0.29, 0.717) is 5.88 Å².